The molecule has 0 spiro atoms. The van der Waals surface area contributed by atoms with Crippen LogP contribution in [0.1, 0.15) is 48.7 Å². The number of carbonyl (C=O) groups excluding carboxylic acids is 1. The van der Waals surface area contributed by atoms with E-state index < -0.39 is 0 Å². The monoisotopic (exact) mass is 456 g/mol. The zero-order valence-electron chi connectivity index (χ0n) is 19.0. The number of aromatic nitrogens is 3. The van der Waals surface area contributed by atoms with E-state index in [-0.39, 0.29) is 11.9 Å². The number of carbonyl (C=O) groups is 1. The number of aryl methyl sites for hydroxylation is 1. The van der Waals surface area contributed by atoms with Crippen molar-refractivity contribution in [3.05, 3.63) is 65.2 Å². The second-order valence-electron chi connectivity index (χ2n) is 9.66. The van der Waals surface area contributed by atoms with Crippen LogP contribution in [0, 0.1) is 24.7 Å². The highest BCUT2D eigenvalue weighted by Gasteiger charge is 2.42. The summed E-state index contributed by atoms with van der Waals surface area (Å²) in [5.41, 5.74) is 3.96. The van der Waals surface area contributed by atoms with Gasteiger partial charge in [0.05, 0.1) is 32.9 Å². The van der Waals surface area contributed by atoms with Gasteiger partial charge in [-0.25, -0.2) is 9.67 Å². The molecule has 2 saturated carbocycles. The number of benzene rings is 1. The van der Waals surface area contributed by atoms with Crippen LogP contribution >= 0.6 is 11.3 Å². The van der Waals surface area contributed by atoms with Gasteiger partial charge in [0.25, 0.3) is 5.91 Å². The van der Waals surface area contributed by atoms with Crippen molar-refractivity contribution in [1.29, 1.82) is 0 Å². The quantitative estimate of drug-likeness (QED) is 0.400. The molecule has 3 aromatic heterocycles. The van der Waals surface area contributed by atoms with Crippen molar-refractivity contribution in [3.63, 3.8) is 0 Å². The van der Waals surface area contributed by atoms with Crippen LogP contribution in [0.15, 0.2) is 53.9 Å². The molecule has 4 aromatic rings. The third kappa shape index (κ3) is 3.57. The van der Waals surface area contributed by atoms with Gasteiger partial charge in [-0.05, 0) is 80.5 Å². The summed E-state index contributed by atoms with van der Waals surface area (Å²) in [6.45, 7) is 4.15. The minimum atomic E-state index is -0.0220. The number of nitrogens with zero attached hydrogens (tertiary/aromatic N) is 3. The lowest BCUT2D eigenvalue weighted by molar-refractivity contribution is 0.0917. The molecule has 2 aliphatic rings. The van der Waals surface area contributed by atoms with E-state index in [1.54, 1.807) is 11.3 Å². The van der Waals surface area contributed by atoms with Gasteiger partial charge in [0.15, 0.2) is 5.65 Å². The van der Waals surface area contributed by atoms with Gasteiger partial charge in [0.2, 0.25) is 0 Å². The molecule has 0 saturated heterocycles. The number of para-hydroxylation sites is 1. The highest BCUT2D eigenvalue weighted by atomic mass is 32.1. The Morgan fingerprint density at radius 3 is 2.70 bits per heavy atom. The first-order valence-electron chi connectivity index (χ1n) is 11.9. The van der Waals surface area contributed by atoms with Crippen LogP contribution < -0.4 is 5.32 Å². The van der Waals surface area contributed by atoms with Crippen molar-refractivity contribution < 1.29 is 4.79 Å². The highest BCUT2D eigenvalue weighted by molar-refractivity contribution is 7.13. The summed E-state index contributed by atoms with van der Waals surface area (Å²) in [6.07, 6.45) is 5.29. The van der Waals surface area contributed by atoms with Gasteiger partial charge < -0.3 is 5.32 Å². The average Bonchev–Trinajstić information content (AvgIpc) is 3.63. The number of rotatable bonds is 5. The Labute approximate surface area is 197 Å². The summed E-state index contributed by atoms with van der Waals surface area (Å²) in [6, 6.07) is 16.2. The molecule has 1 N–H and O–H groups in total. The lowest BCUT2D eigenvalue weighted by Crippen LogP contribution is -2.40. The van der Waals surface area contributed by atoms with E-state index in [2.05, 4.69) is 18.3 Å². The van der Waals surface area contributed by atoms with Crippen LogP contribution in [0.3, 0.4) is 0 Å². The van der Waals surface area contributed by atoms with E-state index in [0.717, 1.165) is 44.8 Å². The van der Waals surface area contributed by atoms with Crippen LogP contribution in [0.2, 0.25) is 0 Å². The van der Waals surface area contributed by atoms with Gasteiger partial charge >= 0.3 is 0 Å². The van der Waals surface area contributed by atoms with Crippen LogP contribution in [0.5, 0.6) is 0 Å². The molecule has 2 fully saturated rings. The smallest absolute Gasteiger partial charge is 0.252 e. The van der Waals surface area contributed by atoms with E-state index in [1.165, 1.54) is 25.7 Å². The maximum absolute atomic E-state index is 13.7. The van der Waals surface area contributed by atoms with E-state index >= 15 is 0 Å². The molecule has 0 aliphatic heterocycles. The van der Waals surface area contributed by atoms with Crippen molar-refractivity contribution in [1.82, 2.24) is 20.1 Å². The fraction of sp³-hybridized carbons (Fsp3) is 0.370. The molecule has 6 heteroatoms. The molecular formula is C27H28N4OS. The van der Waals surface area contributed by atoms with Crippen LogP contribution in [-0.4, -0.2) is 26.7 Å². The third-order valence-electron chi connectivity index (χ3n) is 7.63. The molecule has 1 amide bonds. The Morgan fingerprint density at radius 1 is 1.15 bits per heavy atom. The van der Waals surface area contributed by atoms with Crippen molar-refractivity contribution in [2.24, 2.45) is 17.8 Å². The first kappa shape index (κ1) is 20.6. The Bertz CT molecular complexity index is 1310. The number of fused-ring (bicyclic) bond motifs is 3. The predicted octanol–water partition coefficient (Wildman–Crippen LogP) is 6.01. The Kier molecular flexibility index (Phi) is 5.06. The second kappa shape index (κ2) is 8.10. The average molecular weight is 457 g/mol. The van der Waals surface area contributed by atoms with E-state index in [4.69, 9.17) is 10.1 Å². The Balaban J connectivity index is 1.43. The predicted molar refractivity (Wildman–Crippen MR) is 133 cm³/mol. The summed E-state index contributed by atoms with van der Waals surface area (Å²) >= 11 is 1.63. The molecule has 6 rings (SSSR count). The third-order valence-corrected chi connectivity index (χ3v) is 8.52. The Hall–Kier alpha value is -2.99. The summed E-state index contributed by atoms with van der Waals surface area (Å²) in [7, 11) is 0. The van der Waals surface area contributed by atoms with Crippen molar-refractivity contribution in [2.75, 3.05) is 0 Å². The number of hydrogen-bond acceptors (Lipinski definition) is 4. The lowest BCUT2D eigenvalue weighted by Gasteiger charge is -2.28. The maximum atomic E-state index is 13.7. The zero-order valence-corrected chi connectivity index (χ0v) is 19.8. The fourth-order valence-electron chi connectivity index (χ4n) is 6.07. The topological polar surface area (TPSA) is 59.8 Å². The van der Waals surface area contributed by atoms with Crippen LogP contribution in [-0.2, 0) is 0 Å². The first-order valence-corrected chi connectivity index (χ1v) is 12.8. The molecule has 1 aromatic carbocycles. The normalized spacial score (nSPS) is 22.7. The standard InChI is InChI=1S/C27H28N4OS/c1-16(21-14-18-10-11-19(21)13-18)28-27(32)22-15-23(24-9-6-12-33-24)29-26-25(22)17(2)30-31(26)20-7-4-3-5-8-20/h3-9,12,15-16,18-19,21H,10-11,13-14H2,1-2H3,(H,28,32)/t16-,18+,19+,21-/m1/s1. The van der Waals surface area contributed by atoms with Crippen LogP contribution in [0.25, 0.3) is 27.3 Å². The number of pyridine rings is 1. The Morgan fingerprint density at radius 2 is 2.00 bits per heavy atom. The highest BCUT2D eigenvalue weighted by Crippen LogP contribution is 2.49. The second-order valence-corrected chi connectivity index (χ2v) is 10.6. The zero-order chi connectivity index (χ0) is 22.5. The maximum Gasteiger partial charge on any atom is 0.252 e. The summed E-state index contributed by atoms with van der Waals surface area (Å²) < 4.78 is 1.86. The van der Waals surface area contributed by atoms with Crippen molar-refractivity contribution in [3.8, 4) is 16.3 Å². The summed E-state index contributed by atoms with van der Waals surface area (Å²) in [4.78, 5) is 19.7. The molecule has 0 radical (unpaired) electrons. The number of nitrogens with one attached hydrogen (secondary N) is 1. The summed E-state index contributed by atoms with van der Waals surface area (Å²) in [5.74, 6) is 2.21. The van der Waals surface area contributed by atoms with E-state index in [0.29, 0.717) is 11.5 Å². The number of thiophene rings is 1. The summed E-state index contributed by atoms with van der Waals surface area (Å²) in [5, 5.41) is 11.0. The number of hydrogen-bond donors (Lipinski definition) is 1. The SMILES string of the molecule is Cc1nn(-c2ccccc2)c2nc(-c3cccs3)cc(C(=O)N[C@H](C)[C@H]3C[C@H]4CC[C@H]3C4)c12. The van der Waals surface area contributed by atoms with Crippen molar-refractivity contribution in [2.45, 2.75) is 45.6 Å². The van der Waals surface area contributed by atoms with Gasteiger partial charge in [-0.15, -0.1) is 11.3 Å². The fourth-order valence-corrected chi connectivity index (χ4v) is 6.75. The van der Waals surface area contributed by atoms with Gasteiger partial charge in [-0.1, -0.05) is 30.7 Å². The van der Waals surface area contributed by atoms with Crippen LogP contribution in [0.4, 0.5) is 0 Å². The van der Waals surface area contributed by atoms with Crippen molar-refractivity contribution >= 4 is 28.3 Å². The minimum absolute atomic E-state index is 0.0220. The van der Waals surface area contributed by atoms with E-state index in [1.807, 2.05) is 59.5 Å². The molecule has 5 nitrogen and oxygen atoms in total. The molecule has 4 atom stereocenters. The molecule has 2 aliphatic carbocycles. The largest absolute Gasteiger partial charge is 0.349 e. The van der Waals surface area contributed by atoms with Gasteiger partial charge in [-0.3, -0.25) is 4.79 Å². The van der Waals surface area contributed by atoms with Gasteiger partial charge in [0, 0.05) is 6.04 Å². The molecule has 168 valence electrons. The van der Waals surface area contributed by atoms with Gasteiger partial charge in [0.1, 0.15) is 0 Å². The molecule has 3 heterocycles. The van der Waals surface area contributed by atoms with Gasteiger partial charge in [-0.2, -0.15) is 5.10 Å². The molecular weight excluding hydrogens is 428 g/mol. The number of amides is 1. The molecule has 0 unspecified atom stereocenters. The minimum Gasteiger partial charge on any atom is -0.349 e. The lowest BCUT2D eigenvalue weighted by atomic mass is 9.84. The molecule has 33 heavy (non-hydrogen) atoms. The first-order chi connectivity index (χ1) is 16.1. The van der Waals surface area contributed by atoms with E-state index in [9.17, 15) is 4.79 Å². The molecule has 2 bridgehead atoms.